The van der Waals surface area contributed by atoms with E-state index >= 15 is 0 Å². The number of carboxylic acid groups (broad SMARTS) is 2. The molecule has 0 aliphatic rings. The number of amides is 1. The first-order valence-corrected chi connectivity index (χ1v) is 9.90. The van der Waals surface area contributed by atoms with Gasteiger partial charge in [-0.05, 0) is 38.1 Å². The summed E-state index contributed by atoms with van der Waals surface area (Å²) in [6, 6.07) is 14.6. The molecular weight excluding hydrogens is 468 g/mol. The third-order valence-corrected chi connectivity index (χ3v) is 4.19. The van der Waals surface area contributed by atoms with E-state index in [4.69, 9.17) is 10.2 Å². The molecule has 0 spiro atoms. The van der Waals surface area contributed by atoms with Gasteiger partial charge < -0.3 is 25.3 Å². The van der Waals surface area contributed by atoms with Crippen LogP contribution in [0.25, 0.3) is 0 Å². The monoisotopic (exact) mass is 492 g/mol. The van der Waals surface area contributed by atoms with Crippen LogP contribution in [0.3, 0.4) is 0 Å². The number of aromatic nitrogens is 1. The average Bonchev–Trinajstić information content (AvgIpc) is 2.81. The minimum absolute atomic E-state index is 0. The zero-order valence-corrected chi connectivity index (χ0v) is 21.1. The summed E-state index contributed by atoms with van der Waals surface area (Å²) in [4.78, 5) is 37.8. The van der Waals surface area contributed by atoms with E-state index in [0.717, 1.165) is 13.1 Å². The van der Waals surface area contributed by atoms with E-state index in [1.807, 2.05) is 13.8 Å². The molecule has 2 aromatic carbocycles. The van der Waals surface area contributed by atoms with E-state index in [-0.39, 0.29) is 54.8 Å². The molecule has 0 aliphatic heterocycles. The minimum Gasteiger partial charge on any atom is -0.872 e. The van der Waals surface area contributed by atoms with Crippen molar-refractivity contribution in [3.8, 4) is 11.5 Å². The maximum Gasteiger partial charge on any atom is 2.00 e. The summed E-state index contributed by atoms with van der Waals surface area (Å²) in [7, 11) is 0. The molecule has 0 saturated carbocycles. The molecule has 1 heterocycles. The van der Waals surface area contributed by atoms with Crippen LogP contribution in [0.5, 0.6) is 11.5 Å². The molecular formula is C24H24CaN2O7. The quantitative estimate of drug-likeness (QED) is 0.513. The fourth-order valence-corrected chi connectivity index (χ4v) is 2.47. The Morgan fingerprint density at radius 1 is 0.794 bits per heavy atom. The number of pyridine rings is 1. The molecule has 0 unspecified atom stereocenters. The third kappa shape index (κ3) is 10.2. The van der Waals surface area contributed by atoms with Gasteiger partial charge >= 0.3 is 49.7 Å². The molecule has 1 amide bonds. The third-order valence-electron chi connectivity index (χ3n) is 4.19. The maximum absolute atomic E-state index is 11.7. The fourth-order valence-electron chi connectivity index (χ4n) is 2.47. The van der Waals surface area contributed by atoms with Crippen molar-refractivity contribution >= 4 is 55.6 Å². The van der Waals surface area contributed by atoms with Crippen molar-refractivity contribution in [1.29, 1.82) is 0 Å². The van der Waals surface area contributed by atoms with E-state index < -0.39 is 23.4 Å². The Morgan fingerprint density at radius 2 is 1.24 bits per heavy atom. The fraction of sp³-hybridized carbons (Fsp3) is 0.167. The second kappa shape index (κ2) is 16.5. The van der Waals surface area contributed by atoms with Gasteiger partial charge in [0.25, 0.3) is 5.91 Å². The first kappa shape index (κ1) is 30.9. The molecule has 0 fully saturated rings. The molecule has 9 nitrogen and oxygen atoms in total. The van der Waals surface area contributed by atoms with Crippen molar-refractivity contribution in [1.82, 2.24) is 9.88 Å². The standard InChI is InChI=1S/C10H14N2O.2C7H6O3.Ca/c1-3-12(4-2)10(13)9-6-5-7-11-8-9;2*8-6-4-2-1-3-5(6)7(9)10;/h5-8H,3-4H2,1-2H3;2*1-4,8H,(H,9,10);/q;;;+2/p-2. The van der Waals surface area contributed by atoms with Gasteiger partial charge in [0.15, 0.2) is 0 Å². The number of benzene rings is 2. The van der Waals surface area contributed by atoms with Crippen LogP contribution in [0, 0.1) is 0 Å². The van der Waals surface area contributed by atoms with Crippen molar-refractivity contribution in [2.24, 2.45) is 0 Å². The van der Waals surface area contributed by atoms with E-state index in [2.05, 4.69) is 4.98 Å². The number of rotatable bonds is 5. The smallest absolute Gasteiger partial charge is 0.872 e. The largest absolute Gasteiger partial charge is 2.00 e. The van der Waals surface area contributed by atoms with Crippen LogP contribution in [0.1, 0.15) is 44.9 Å². The van der Waals surface area contributed by atoms with Gasteiger partial charge in [-0.1, -0.05) is 47.9 Å². The van der Waals surface area contributed by atoms with Gasteiger partial charge in [0, 0.05) is 25.5 Å². The van der Waals surface area contributed by atoms with Gasteiger partial charge in [-0.2, -0.15) is 0 Å². The zero-order valence-electron chi connectivity index (χ0n) is 18.9. The first-order chi connectivity index (χ1) is 15.7. The predicted molar refractivity (Wildman–Crippen MR) is 123 cm³/mol. The number of hydrogen-bond acceptors (Lipinski definition) is 6. The molecule has 174 valence electrons. The van der Waals surface area contributed by atoms with Crippen molar-refractivity contribution in [3.05, 3.63) is 89.7 Å². The molecule has 10 heteroatoms. The maximum atomic E-state index is 11.7. The molecule has 3 rings (SSSR count). The van der Waals surface area contributed by atoms with Gasteiger partial charge in [0.1, 0.15) is 0 Å². The molecule has 0 radical (unpaired) electrons. The summed E-state index contributed by atoms with van der Waals surface area (Å²) in [5.74, 6) is -3.20. The number of carbonyl (C=O) groups is 3. The van der Waals surface area contributed by atoms with E-state index in [0.29, 0.717) is 5.56 Å². The SMILES string of the molecule is CCN(CC)C(=O)c1cccnc1.O=C(O)c1ccccc1[O-].O=C(O)c1ccccc1[O-].[Ca+2]. The van der Waals surface area contributed by atoms with Crippen LogP contribution < -0.4 is 10.2 Å². The number of nitrogens with zero attached hydrogens (tertiary/aromatic N) is 2. The molecule has 0 atom stereocenters. The number of hydrogen-bond donors (Lipinski definition) is 2. The van der Waals surface area contributed by atoms with E-state index in [1.165, 1.54) is 48.5 Å². The Hall–Kier alpha value is -3.14. The normalized spacial score (nSPS) is 9.12. The second-order valence-electron chi connectivity index (χ2n) is 6.32. The molecule has 1 aromatic heterocycles. The predicted octanol–water partition coefficient (Wildman–Crippen LogP) is 2.10. The summed E-state index contributed by atoms with van der Waals surface area (Å²) in [5, 5.41) is 38.1. The molecule has 0 aliphatic carbocycles. The molecule has 3 aromatic rings. The number of para-hydroxylation sites is 2. The zero-order chi connectivity index (χ0) is 24.8. The summed E-state index contributed by atoms with van der Waals surface area (Å²) in [5.41, 5.74) is 0.302. The van der Waals surface area contributed by atoms with Crippen molar-refractivity contribution in [2.45, 2.75) is 13.8 Å². The van der Waals surface area contributed by atoms with Gasteiger partial charge in [-0.15, -0.1) is 0 Å². The number of carboxylic acids is 2. The van der Waals surface area contributed by atoms with Crippen LogP contribution in [-0.2, 0) is 0 Å². The molecule has 34 heavy (non-hydrogen) atoms. The molecule has 0 bridgehead atoms. The van der Waals surface area contributed by atoms with Crippen LogP contribution >= 0.6 is 0 Å². The minimum atomic E-state index is -1.18. The van der Waals surface area contributed by atoms with Gasteiger partial charge in [-0.25, -0.2) is 9.59 Å². The molecule has 0 saturated heterocycles. The Kier molecular flexibility index (Phi) is 14.9. The Bertz CT molecular complexity index is 1000. The van der Waals surface area contributed by atoms with Gasteiger partial charge in [-0.3, -0.25) is 9.78 Å². The van der Waals surface area contributed by atoms with Crippen LogP contribution in [0.2, 0.25) is 0 Å². The summed E-state index contributed by atoms with van der Waals surface area (Å²) >= 11 is 0. The van der Waals surface area contributed by atoms with Crippen LogP contribution in [0.15, 0.2) is 73.1 Å². The summed E-state index contributed by atoms with van der Waals surface area (Å²) in [6.45, 7) is 5.42. The van der Waals surface area contributed by atoms with Gasteiger partial charge in [0.2, 0.25) is 0 Å². The Labute approximate surface area is 227 Å². The van der Waals surface area contributed by atoms with Crippen molar-refractivity contribution in [2.75, 3.05) is 13.1 Å². The van der Waals surface area contributed by atoms with E-state index in [9.17, 15) is 24.6 Å². The topological polar surface area (TPSA) is 154 Å². The number of carbonyl (C=O) groups excluding carboxylic acids is 1. The van der Waals surface area contributed by atoms with Crippen molar-refractivity contribution < 1.29 is 34.8 Å². The average molecular weight is 493 g/mol. The van der Waals surface area contributed by atoms with Crippen molar-refractivity contribution in [3.63, 3.8) is 0 Å². The Balaban J connectivity index is 0.000000479. The van der Waals surface area contributed by atoms with Crippen LogP contribution in [0.4, 0.5) is 0 Å². The second-order valence-corrected chi connectivity index (χ2v) is 6.32. The van der Waals surface area contributed by atoms with Gasteiger partial charge in [0.05, 0.1) is 16.7 Å². The summed E-state index contributed by atoms with van der Waals surface area (Å²) < 4.78 is 0. The first-order valence-electron chi connectivity index (χ1n) is 9.90. The van der Waals surface area contributed by atoms with E-state index in [1.54, 1.807) is 29.4 Å². The summed E-state index contributed by atoms with van der Waals surface area (Å²) in [6.07, 6.45) is 3.26. The van der Waals surface area contributed by atoms with Crippen LogP contribution in [-0.4, -0.2) is 88.8 Å². The number of aromatic carboxylic acids is 2. The Morgan fingerprint density at radius 3 is 1.53 bits per heavy atom. The molecule has 2 N–H and O–H groups in total.